The van der Waals surface area contributed by atoms with E-state index in [1.54, 1.807) is 0 Å². The first-order valence-electron chi connectivity index (χ1n) is 9.39. The van der Waals surface area contributed by atoms with Gasteiger partial charge < -0.3 is 9.59 Å². The van der Waals surface area contributed by atoms with Crippen molar-refractivity contribution < 1.29 is 5.02 Å². The Morgan fingerprint density at radius 1 is 0.714 bits per heavy atom. The first kappa shape index (κ1) is 15.9. The van der Waals surface area contributed by atoms with Gasteiger partial charge in [-0.3, -0.25) is 0 Å². The topological polar surface area (TPSA) is 25.2 Å². The Labute approximate surface area is 166 Å². The first-order chi connectivity index (χ1) is 13.8. The van der Waals surface area contributed by atoms with E-state index >= 15 is 0 Å². The molecule has 0 atom stereocenters. The van der Waals surface area contributed by atoms with Crippen LogP contribution in [-0.2, 0) is 0 Å². The van der Waals surface area contributed by atoms with E-state index in [4.69, 9.17) is 0 Å². The van der Waals surface area contributed by atoms with Crippen LogP contribution in [0.5, 0.6) is 0 Å². The molecule has 4 heteroatoms. The molecule has 2 nitrogen and oxygen atoms in total. The molecular formula is C24H16BNOS. The zero-order chi connectivity index (χ0) is 18.7. The lowest BCUT2D eigenvalue weighted by atomic mass is 9.88. The summed E-state index contributed by atoms with van der Waals surface area (Å²) < 4.78 is 4.95. The number of nitrogens with zero attached hydrogens (tertiary/aromatic N) is 1. The highest BCUT2D eigenvalue weighted by Gasteiger charge is 2.17. The van der Waals surface area contributed by atoms with Crippen LogP contribution in [0.15, 0.2) is 84.9 Å². The largest absolute Gasteiger partial charge is 0.449 e. The summed E-state index contributed by atoms with van der Waals surface area (Å²) in [7, 11) is 0.0519. The molecule has 0 bridgehead atoms. The highest BCUT2D eigenvalue weighted by atomic mass is 32.1. The van der Waals surface area contributed by atoms with Gasteiger partial charge in [0, 0.05) is 36.6 Å². The lowest BCUT2D eigenvalue weighted by Gasteiger charge is -2.07. The predicted molar refractivity (Wildman–Crippen MR) is 123 cm³/mol. The molecule has 6 aromatic rings. The maximum atomic E-state index is 9.72. The Kier molecular flexibility index (Phi) is 3.39. The smallest absolute Gasteiger partial charge is 0.304 e. The van der Waals surface area contributed by atoms with Crippen molar-refractivity contribution >= 4 is 66.3 Å². The van der Waals surface area contributed by atoms with Gasteiger partial charge in [0.1, 0.15) is 0 Å². The summed E-state index contributed by atoms with van der Waals surface area (Å²) in [5.41, 5.74) is 4.47. The van der Waals surface area contributed by atoms with Crippen LogP contribution in [0.2, 0.25) is 0 Å². The van der Waals surface area contributed by atoms with Crippen LogP contribution in [0.1, 0.15) is 0 Å². The van der Waals surface area contributed by atoms with Crippen LogP contribution in [0.4, 0.5) is 0 Å². The van der Waals surface area contributed by atoms with Gasteiger partial charge in [0.05, 0.1) is 11.0 Å². The minimum Gasteiger partial charge on any atom is -0.449 e. The molecule has 132 valence electrons. The van der Waals surface area contributed by atoms with Crippen LogP contribution in [0.25, 0.3) is 47.7 Å². The number of rotatable bonds is 2. The molecule has 0 unspecified atom stereocenters. The second kappa shape index (κ2) is 5.96. The Bertz CT molecular complexity index is 1500. The van der Waals surface area contributed by atoms with Crippen molar-refractivity contribution in [3.05, 3.63) is 84.9 Å². The normalized spacial score (nSPS) is 11.8. The molecule has 0 saturated heterocycles. The van der Waals surface area contributed by atoms with Crippen molar-refractivity contribution in [3.8, 4) is 5.69 Å². The van der Waals surface area contributed by atoms with Gasteiger partial charge in [-0.05, 0) is 30.3 Å². The van der Waals surface area contributed by atoms with Crippen LogP contribution < -0.4 is 5.46 Å². The number of hydrogen-bond acceptors (Lipinski definition) is 2. The Hall–Kier alpha value is -3.08. The van der Waals surface area contributed by atoms with E-state index in [2.05, 4.69) is 77.4 Å². The van der Waals surface area contributed by atoms with Crippen molar-refractivity contribution in [1.82, 2.24) is 4.57 Å². The molecule has 2 aromatic heterocycles. The minimum absolute atomic E-state index is 0.0519. The average molecular weight is 377 g/mol. The molecule has 6 rings (SSSR count). The van der Waals surface area contributed by atoms with Gasteiger partial charge in [-0.25, -0.2) is 0 Å². The van der Waals surface area contributed by atoms with Gasteiger partial charge in [-0.1, -0.05) is 60.1 Å². The monoisotopic (exact) mass is 377 g/mol. The van der Waals surface area contributed by atoms with Crippen molar-refractivity contribution in [2.75, 3.05) is 0 Å². The van der Waals surface area contributed by atoms with Crippen LogP contribution in [-0.4, -0.2) is 17.1 Å². The summed E-state index contributed by atoms with van der Waals surface area (Å²) in [6.07, 6.45) is 0. The van der Waals surface area contributed by atoms with Crippen molar-refractivity contribution in [2.24, 2.45) is 0 Å². The van der Waals surface area contributed by atoms with Gasteiger partial charge in [0.25, 0.3) is 0 Å². The van der Waals surface area contributed by atoms with E-state index in [0.717, 1.165) is 11.2 Å². The SMILES string of the molecule is OBc1ccc2c(c1)c1c3sc4ccccc4c3ccc1n2-c1ccccc1. The van der Waals surface area contributed by atoms with Crippen LogP contribution in [0, 0.1) is 0 Å². The fourth-order valence-corrected chi connectivity index (χ4v) is 5.55. The third-order valence-electron chi connectivity index (χ3n) is 5.53. The highest BCUT2D eigenvalue weighted by molar-refractivity contribution is 7.26. The lowest BCUT2D eigenvalue weighted by molar-refractivity contribution is 0.615. The van der Waals surface area contributed by atoms with E-state index in [1.165, 1.54) is 42.0 Å². The molecule has 28 heavy (non-hydrogen) atoms. The number of aromatic nitrogens is 1. The van der Waals surface area contributed by atoms with Gasteiger partial charge in [0.2, 0.25) is 0 Å². The second-order valence-electron chi connectivity index (χ2n) is 7.12. The van der Waals surface area contributed by atoms with E-state index in [9.17, 15) is 5.02 Å². The fourth-order valence-electron chi connectivity index (χ4n) is 4.29. The molecule has 0 radical (unpaired) electrons. The van der Waals surface area contributed by atoms with Gasteiger partial charge in [-0.15, -0.1) is 11.3 Å². The van der Waals surface area contributed by atoms with E-state index in [0.29, 0.717) is 0 Å². The summed E-state index contributed by atoms with van der Waals surface area (Å²) in [6, 6.07) is 29.9. The Morgan fingerprint density at radius 3 is 2.36 bits per heavy atom. The molecular weight excluding hydrogens is 361 g/mol. The number of hydrogen-bond donors (Lipinski definition) is 1. The summed E-state index contributed by atoms with van der Waals surface area (Å²) in [5, 5.41) is 14.8. The summed E-state index contributed by atoms with van der Waals surface area (Å²) in [5.74, 6) is 0. The highest BCUT2D eigenvalue weighted by Crippen LogP contribution is 2.42. The zero-order valence-electron chi connectivity index (χ0n) is 15.1. The molecule has 0 amide bonds. The maximum absolute atomic E-state index is 9.72. The van der Waals surface area contributed by atoms with E-state index < -0.39 is 0 Å². The van der Waals surface area contributed by atoms with Crippen molar-refractivity contribution in [2.45, 2.75) is 0 Å². The number of benzene rings is 4. The van der Waals surface area contributed by atoms with E-state index in [-0.39, 0.29) is 7.48 Å². The van der Waals surface area contributed by atoms with Gasteiger partial charge in [0.15, 0.2) is 0 Å². The molecule has 0 fully saturated rings. The molecule has 0 saturated carbocycles. The average Bonchev–Trinajstić information content (AvgIpc) is 3.29. The maximum Gasteiger partial charge on any atom is 0.304 e. The Morgan fingerprint density at radius 2 is 1.50 bits per heavy atom. The molecule has 0 aliphatic heterocycles. The van der Waals surface area contributed by atoms with E-state index in [1.807, 2.05) is 23.5 Å². The van der Waals surface area contributed by atoms with Crippen molar-refractivity contribution in [1.29, 1.82) is 0 Å². The predicted octanol–water partition coefficient (Wildman–Crippen LogP) is 5.12. The fraction of sp³-hybridized carbons (Fsp3) is 0. The summed E-state index contributed by atoms with van der Waals surface area (Å²) in [4.78, 5) is 0. The molecule has 0 spiro atoms. The first-order valence-corrected chi connectivity index (χ1v) is 10.2. The van der Waals surface area contributed by atoms with Crippen molar-refractivity contribution in [3.63, 3.8) is 0 Å². The standard InChI is InChI=1S/C24H16BNOS/c27-25-15-10-12-20-19(14-15)23-21(26(20)16-6-2-1-3-7-16)13-11-18-17-8-4-5-9-22(17)28-24(18)23/h1-14,25,27H. The summed E-state index contributed by atoms with van der Waals surface area (Å²) >= 11 is 1.85. The quantitative estimate of drug-likeness (QED) is 0.416. The molecule has 1 N–H and O–H groups in total. The lowest BCUT2D eigenvalue weighted by Crippen LogP contribution is -2.12. The second-order valence-corrected chi connectivity index (χ2v) is 8.17. The van der Waals surface area contributed by atoms with Crippen LogP contribution in [0.3, 0.4) is 0 Å². The van der Waals surface area contributed by atoms with Gasteiger partial charge >= 0.3 is 7.48 Å². The molecule has 2 heterocycles. The van der Waals surface area contributed by atoms with Gasteiger partial charge in [-0.2, -0.15) is 0 Å². The third-order valence-corrected chi connectivity index (χ3v) is 6.74. The van der Waals surface area contributed by atoms with Crippen LogP contribution >= 0.6 is 11.3 Å². The number of para-hydroxylation sites is 1. The molecule has 4 aromatic carbocycles. The number of fused-ring (bicyclic) bond motifs is 7. The Balaban J connectivity index is 1.87. The summed E-state index contributed by atoms with van der Waals surface area (Å²) in [6.45, 7) is 0. The molecule has 0 aliphatic rings. The molecule has 0 aliphatic carbocycles. The third kappa shape index (κ3) is 2.13. The number of thiophene rings is 1. The minimum atomic E-state index is 0.0519. The zero-order valence-corrected chi connectivity index (χ0v) is 15.9.